The lowest BCUT2D eigenvalue weighted by atomic mass is 10.0. The van der Waals surface area contributed by atoms with E-state index in [0.717, 1.165) is 16.7 Å². The van der Waals surface area contributed by atoms with Crippen LogP contribution in [0.1, 0.15) is 34.0 Å². The van der Waals surface area contributed by atoms with Crippen molar-refractivity contribution in [3.63, 3.8) is 0 Å². The van der Waals surface area contributed by atoms with Crippen LogP contribution in [-0.4, -0.2) is 11.6 Å². The number of amides is 1. The molecule has 142 valence electrons. The second-order valence-corrected chi connectivity index (χ2v) is 6.95. The maximum Gasteiger partial charge on any atom is 0.253 e. The second-order valence-electron chi connectivity index (χ2n) is 6.95. The van der Waals surface area contributed by atoms with Crippen molar-refractivity contribution in [1.82, 2.24) is 5.32 Å². The molecule has 0 aromatic heterocycles. The van der Waals surface area contributed by atoms with Crippen LogP contribution in [0.15, 0.2) is 91.5 Å². The summed E-state index contributed by atoms with van der Waals surface area (Å²) in [5.41, 5.74) is 2.96. The van der Waals surface area contributed by atoms with Crippen molar-refractivity contribution in [2.24, 2.45) is 0 Å². The average Bonchev–Trinajstić information content (AvgIpc) is 2.74. The molecule has 0 bridgehead atoms. The van der Waals surface area contributed by atoms with Gasteiger partial charge in [-0.2, -0.15) is 0 Å². The van der Waals surface area contributed by atoms with Crippen molar-refractivity contribution in [3.8, 4) is 0 Å². The Morgan fingerprint density at radius 2 is 1.54 bits per heavy atom. The molecule has 28 heavy (non-hydrogen) atoms. The van der Waals surface area contributed by atoms with E-state index < -0.39 is 5.72 Å². The first-order chi connectivity index (χ1) is 13.6. The fourth-order valence-electron chi connectivity index (χ4n) is 3.01. The summed E-state index contributed by atoms with van der Waals surface area (Å²) < 4.78 is 6.22. The van der Waals surface area contributed by atoms with Gasteiger partial charge in [-0.25, -0.2) is 0 Å². The molecule has 0 heterocycles. The third-order valence-electron chi connectivity index (χ3n) is 4.57. The Balaban J connectivity index is 1.78. The van der Waals surface area contributed by atoms with E-state index in [4.69, 9.17) is 4.74 Å². The van der Waals surface area contributed by atoms with Gasteiger partial charge in [0.25, 0.3) is 5.91 Å². The van der Waals surface area contributed by atoms with Crippen LogP contribution in [0, 0.1) is 0 Å². The minimum Gasteiger partial charge on any atom is -0.351 e. The first-order valence-electron chi connectivity index (χ1n) is 9.35. The maximum atomic E-state index is 12.8. The van der Waals surface area contributed by atoms with Gasteiger partial charge in [0.15, 0.2) is 0 Å². The van der Waals surface area contributed by atoms with Crippen molar-refractivity contribution >= 4 is 12.0 Å². The zero-order valence-electron chi connectivity index (χ0n) is 16.1. The molecule has 3 heteroatoms. The molecule has 0 aliphatic rings. The van der Waals surface area contributed by atoms with Crippen molar-refractivity contribution in [1.29, 1.82) is 0 Å². The molecule has 0 saturated carbocycles. The Morgan fingerprint density at radius 1 is 0.929 bits per heavy atom. The van der Waals surface area contributed by atoms with Crippen LogP contribution in [0.5, 0.6) is 0 Å². The smallest absolute Gasteiger partial charge is 0.253 e. The summed E-state index contributed by atoms with van der Waals surface area (Å²) in [5.74, 6) is -0.154. The highest BCUT2D eigenvalue weighted by atomic mass is 16.5. The minimum absolute atomic E-state index is 0.154. The van der Waals surface area contributed by atoms with E-state index in [0.29, 0.717) is 18.6 Å². The fraction of sp³-hybridized carbons (Fsp3) is 0.160. The molecule has 0 aliphatic heterocycles. The van der Waals surface area contributed by atoms with Gasteiger partial charge >= 0.3 is 0 Å². The van der Waals surface area contributed by atoms with E-state index in [2.05, 4.69) is 11.9 Å². The topological polar surface area (TPSA) is 38.3 Å². The SMILES string of the molecule is C=Cc1ccc(CC(C)(NC(=O)c2ccccc2)OCc2ccccc2)cc1. The molecule has 0 fully saturated rings. The summed E-state index contributed by atoms with van der Waals surface area (Å²) >= 11 is 0. The van der Waals surface area contributed by atoms with Gasteiger partial charge < -0.3 is 10.1 Å². The fourth-order valence-corrected chi connectivity index (χ4v) is 3.01. The normalized spacial score (nSPS) is 12.8. The lowest BCUT2D eigenvalue weighted by molar-refractivity contribution is -0.0609. The van der Waals surface area contributed by atoms with E-state index in [-0.39, 0.29) is 5.91 Å². The van der Waals surface area contributed by atoms with Crippen LogP contribution in [0.4, 0.5) is 0 Å². The predicted molar refractivity (Wildman–Crippen MR) is 114 cm³/mol. The Bertz CT molecular complexity index is 904. The molecule has 1 atom stereocenters. The molecule has 1 unspecified atom stereocenters. The van der Waals surface area contributed by atoms with E-state index in [1.807, 2.05) is 85.8 Å². The molecule has 3 nitrogen and oxygen atoms in total. The summed E-state index contributed by atoms with van der Waals surface area (Å²) in [6, 6.07) is 27.2. The van der Waals surface area contributed by atoms with E-state index in [9.17, 15) is 4.79 Å². The minimum atomic E-state index is -0.849. The van der Waals surface area contributed by atoms with Crippen LogP contribution in [0.2, 0.25) is 0 Å². The molecule has 3 aromatic rings. The molecule has 3 aromatic carbocycles. The number of nitrogens with one attached hydrogen (secondary N) is 1. The van der Waals surface area contributed by atoms with Gasteiger partial charge in [0.2, 0.25) is 0 Å². The first-order valence-corrected chi connectivity index (χ1v) is 9.35. The number of carbonyl (C=O) groups excluding carboxylic acids is 1. The third-order valence-corrected chi connectivity index (χ3v) is 4.57. The zero-order valence-corrected chi connectivity index (χ0v) is 16.1. The molecule has 0 aliphatic carbocycles. The Kier molecular flexibility index (Phi) is 6.41. The first kappa shape index (κ1) is 19.6. The number of benzene rings is 3. The van der Waals surface area contributed by atoms with Gasteiger partial charge in [-0.15, -0.1) is 0 Å². The number of carbonyl (C=O) groups is 1. The third kappa shape index (κ3) is 5.41. The number of ether oxygens (including phenoxy) is 1. The maximum absolute atomic E-state index is 12.8. The van der Waals surface area contributed by atoms with Crippen LogP contribution in [0.3, 0.4) is 0 Å². The largest absolute Gasteiger partial charge is 0.351 e. The highest BCUT2D eigenvalue weighted by Crippen LogP contribution is 2.19. The quantitative estimate of drug-likeness (QED) is 0.550. The Morgan fingerprint density at radius 3 is 2.14 bits per heavy atom. The standard InChI is InChI=1S/C25H25NO2/c1-3-20-14-16-21(17-15-20)18-25(2,28-19-22-10-6-4-7-11-22)26-24(27)23-12-8-5-9-13-23/h3-17H,1,18-19H2,2H3,(H,26,27). The summed E-state index contributed by atoms with van der Waals surface area (Å²) in [5, 5.41) is 3.08. The molecular weight excluding hydrogens is 346 g/mol. The van der Waals surface area contributed by atoms with E-state index >= 15 is 0 Å². The second kappa shape index (κ2) is 9.16. The molecule has 3 rings (SSSR count). The van der Waals surface area contributed by atoms with Gasteiger partial charge in [0, 0.05) is 12.0 Å². The van der Waals surface area contributed by atoms with Crippen LogP contribution >= 0.6 is 0 Å². The van der Waals surface area contributed by atoms with Crippen molar-refractivity contribution in [3.05, 3.63) is 114 Å². The van der Waals surface area contributed by atoms with Gasteiger partial charge in [0.05, 0.1) is 6.61 Å². The zero-order chi connectivity index (χ0) is 19.8. The van der Waals surface area contributed by atoms with Crippen molar-refractivity contribution in [2.75, 3.05) is 0 Å². The van der Waals surface area contributed by atoms with E-state index in [1.165, 1.54) is 0 Å². The molecule has 0 spiro atoms. The number of rotatable bonds is 8. The number of hydrogen-bond acceptors (Lipinski definition) is 2. The summed E-state index contributed by atoms with van der Waals surface area (Å²) in [4.78, 5) is 12.8. The number of hydrogen-bond donors (Lipinski definition) is 1. The van der Waals surface area contributed by atoms with Gasteiger partial charge in [-0.1, -0.05) is 85.5 Å². The molecule has 0 saturated heterocycles. The predicted octanol–water partition coefficient (Wildman–Crippen LogP) is 5.24. The van der Waals surface area contributed by atoms with Crippen LogP contribution in [-0.2, 0) is 17.8 Å². The van der Waals surface area contributed by atoms with Gasteiger partial charge in [0.1, 0.15) is 5.72 Å². The van der Waals surface area contributed by atoms with Gasteiger partial charge in [-0.3, -0.25) is 4.79 Å². The van der Waals surface area contributed by atoms with Gasteiger partial charge in [-0.05, 0) is 35.7 Å². The molecular formula is C25H25NO2. The lowest BCUT2D eigenvalue weighted by Crippen LogP contribution is -2.49. The average molecular weight is 371 g/mol. The Hall–Kier alpha value is -3.17. The summed E-state index contributed by atoms with van der Waals surface area (Å²) in [6.45, 7) is 6.12. The summed E-state index contributed by atoms with van der Waals surface area (Å²) in [6.07, 6.45) is 2.36. The summed E-state index contributed by atoms with van der Waals surface area (Å²) in [7, 11) is 0. The molecule has 1 amide bonds. The molecule has 0 radical (unpaired) electrons. The highest BCUT2D eigenvalue weighted by molar-refractivity contribution is 5.94. The lowest BCUT2D eigenvalue weighted by Gasteiger charge is -2.31. The van der Waals surface area contributed by atoms with E-state index in [1.54, 1.807) is 12.1 Å². The van der Waals surface area contributed by atoms with Crippen molar-refractivity contribution < 1.29 is 9.53 Å². The van der Waals surface area contributed by atoms with Crippen LogP contribution < -0.4 is 5.32 Å². The highest BCUT2D eigenvalue weighted by Gasteiger charge is 2.28. The Labute approximate surface area is 166 Å². The van der Waals surface area contributed by atoms with Crippen molar-refractivity contribution in [2.45, 2.75) is 25.7 Å². The van der Waals surface area contributed by atoms with Crippen LogP contribution in [0.25, 0.3) is 6.08 Å². The molecule has 1 N–H and O–H groups in total. The monoisotopic (exact) mass is 371 g/mol.